The predicted molar refractivity (Wildman–Crippen MR) is 155 cm³/mol. The summed E-state index contributed by atoms with van der Waals surface area (Å²) in [5, 5.41) is 18.8. The van der Waals surface area contributed by atoms with E-state index in [0.717, 1.165) is 16.5 Å². The first-order valence-corrected chi connectivity index (χ1v) is 14.2. The standard InChI is InChI=1S/C29H46N6O5/c1-5-17(3)24(31)28(38)33-22(13-9-10-14-30)26(36)34-23(27(37)35-25(29(39)40)18(4)6-2)15-19-16-32-21-12-8-7-11-20(19)21/h7-8,11-12,16-18,22-25,32H,5-6,9-10,13-15,30-31H2,1-4H3,(H,33,38)(H,34,36)(H,35,37)(H,39,40). The Hall–Kier alpha value is -3.44. The van der Waals surface area contributed by atoms with Gasteiger partial charge in [-0.15, -0.1) is 0 Å². The van der Waals surface area contributed by atoms with Crippen LogP contribution >= 0.6 is 0 Å². The zero-order valence-corrected chi connectivity index (χ0v) is 24.0. The van der Waals surface area contributed by atoms with Gasteiger partial charge in [0.2, 0.25) is 17.7 Å². The van der Waals surface area contributed by atoms with E-state index < -0.39 is 47.9 Å². The normalized spacial score (nSPS) is 15.8. The summed E-state index contributed by atoms with van der Waals surface area (Å²) in [5.74, 6) is -3.15. The number of para-hydroxylation sites is 1. The van der Waals surface area contributed by atoms with Crippen molar-refractivity contribution in [1.29, 1.82) is 0 Å². The number of amides is 3. The molecule has 2 rings (SSSR count). The number of rotatable bonds is 17. The van der Waals surface area contributed by atoms with Crippen molar-refractivity contribution in [2.75, 3.05) is 6.54 Å². The van der Waals surface area contributed by atoms with E-state index in [-0.39, 0.29) is 18.3 Å². The van der Waals surface area contributed by atoms with Crippen molar-refractivity contribution < 1.29 is 24.3 Å². The topological polar surface area (TPSA) is 192 Å². The van der Waals surface area contributed by atoms with Crippen LogP contribution in [0, 0.1) is 11.8 Å². The molecule has 9 N–H and O–H groups in total. The van der Waals surface area contributed by atoms with E-state index in [4.69, 9.17) is 11.5 Å². The fourth-order valence-corrected chi connectivity index (χ4v) is 4.48. The van der Waals surface area contributed by atoms with Crippen molar-refractivity contribution in [2.45, 2.75) is 90.4 Å². The smallest absolute Gasteiger partial charge is 0.326 e. The van der Waals surface area contributed by atoms with E-state index in [1.54, 1.807) is 13.1 Å². The monoisotopic (exact) mass is 558 g/mol. The van der Waals surface area contributed by atoms with Crippen molar-refractivity contribution in [2.24, 2.45) is 23.3 Å². The summed E-state index contributed by atoms with van der Waals surface area (Å²) >= 11 is 0. The first-order chi connectivity index (χ1) is 19.0. The van der Waals surface area contributed by atoms with E-state index in [9.17, 15) is 24.3 Å². The maximum absolute atomic E-state index is 13.5. The maximum atomic E-state index is 13.5. The van der Waals surface area contributed by atoms with Crippen LogP contribution in [0.15, 0.2) is 30.5 Å². The van der Waals surface area contributed by atoms with Crippen LogP contribution in [0.1, 0.15) is 65.4 Å². The highest BCUT2D eigenvalue weighted by Gasteiger charge is 2.32. The molecule has 0 saturated carbocycles. The van der Waals surface area contributed by atoms with Gasteiger partial charge in [0.25, 0.3) is 0 Å². The third-order valence-corrected chi connectivity index (χ3v) is 7.65. The molecule has 0 aliphatic heterocycles. The summed E-state index contributed by atoms with van der Waals surface area (Å²) in [6.07, 6.45) is 4.69. The van der Waals surface area contributed by atoms with Crippen molar-refractivity contribution in [3.8, 4) is 0 Å². The lowest BCUT2D eigenvalue weighted by atomic mass is 9.97. The number of aromatic nitrogens is 1. The Morgan fingerprint density at radius 2 is 1.52 bits per heavy atom. The zero-order chi connectivity index (χ0) is 29.8. The third kappa shape index (κ3) is 9.06. The molecule has 3 amide bonds. The van der Waals surface area contributed by atoms with Gasteiger partial charge in [-0.3, -0.25) is 14.4 Å². The Kier molecular flexibility index (Phi) is 13.1. The summed E-state index contributed by atoms with van der Waals surface area (Å²) in [4.78, 5) is 55.0. The molecular weight excluding hydrogens is 512 g/mol. The van der Waals surface area contributed by atoms with Gasteiger partial charge >= 0.3 is 5.97 Å². The minimum Gasteiger partial charge on any atom is -0.480 e. The van der Waals surface area contributed by atoms with Crippen LogP contribution in [0.25, 0.3) is 10.9 Å². The molecular formula is C29H46N6O5. The minimum atomic E-state index is -1.15. The fourth-order valence-electron chi connectivity index (χ4n) is 4.48. The Labute approximate surface area is 236 Å². The Bertz CT molecular complexity index is 1140. The molecule has 1 heterocycles. The van der Waals surface area contributed by atoms with E-state index in [1.807, 2.05) is 45.0 Å². The number of hydrogen-bond donors (Lipinski definition) is 7. The molecule has 1 aromatic heterocycles. The highest BCUT2D eigenvalue weighted by Crippen LogP contribution is 2.20. The minimum absolute atomic E-state index is 0.0818. The summed E-state index contributed by atoms with van der Waals surface area (Å²) < 4.78 is 0. The Morgan fingerprint density at radius 3 is 2.15 bits per heavy atom. The third-order valence-electron chi connectivity index (χ3n) is 7.65. The van der Waals surface area contributed by atoms with Gasteiger partial charge in [0.15, 0.2) is 0 Å². The van der Waals surface area contributed by atoms with Gasteiger partial charge in [0.1, 0.15) is 18.1 Å². The highest BCUT2D eigenvalue weighted by molar-refractivity contribution is 5.95. The number of nitrogens with two attached hydrogens (primary N) is 2. The molecule has 0 bridgehead atoms. The number of benzene rings is 1. The van der Waals surface area contributed by atoms with Crippen molar-refractivity contribution in [3.63, 3.8) is 0 Å². The number of H-pyrrole nitrogens is 1. The molecule has 222 valence electrons. The molecule has 11 heteroatoms. The van der Waals surface area contributed by atoms with E-state index in [1.165, 1.54) is 0 Å². The SMILES string of the molecule is CCC(C)C(N)C(=O)NC(CCCCN)C(=O)NC(Cc1c[nH]c2ccccc12)C(=O)NC(C(=O)O)C(C)CC. The predicted octanol–water partition coefficient (Wildman–Crippen LogP) is 1.80. The number of aliphatic carboxylic acids is 1. The number of carboxylic acid groups (broad SMARTS) is 1. The van der Waals surface area contributed by atoms with Crippen LogP contribution in [0.4, 0.5) is 0 Å². The number of unbranched alkanes of at least 4 members (excludes halogenated alkanes) is 1. The molecule has 40 heavy (non-hydrogen) atoms. The molecule has 0 aliphatic rings. The van der Waals surface area contributed by atoms with Crippen molar-refractivity contribution >= 4 is 34.6 Å². The van der Waals surface area contributed by atoms with Gasteiger partial charge < -0.3 is 37.5 Å². The average Bonchev–Trinajstić information content (AvgIpc) is 3.35. The quantitative estimate of drug-likeness (QED) is 0.144. The summed E-state index contributed by atoms with van der Waals surface area (Å²) in [6, 6.07) is 3.65. The molecule has 11 nitrogen and oxygen atoms in total. The van der Waals surface area contributed by atoms with Crippen LogP contribution in [0.3, 0.4) is 0 Å². The van der Waals surface area contributed by atoms with Crippen LogP contribution < -0.4 is 27.4 Å². The zero-order valence-electron chi connectivity index (χ0n) is 24.0. The Morgan fingerprint density at radius 1 is 0.900 bits per heavy atom. The number of carbonyl (C=O) groups excluding carboxylic acids is 3. The van der Waals surface area contributed by atoms with Crippen LogP contribution in [-0.4, -0.2) is 64.5 Å². The van der Waals surface area contributed by atoms with E-state index in [2.05, 4.69) is 20.9 Å². The number of nitrogens with one attached hydrogen (secondary N) is 4. The van der Waals surface area contributed by atoms with Crippen molar-refractivity contribution in [1.82, 2.24) is 20.9 Å². The molecule has 0 fully saturated rings. The first kappa shape index (κ1) is 32.8. The number of hydrogen-bond acceptors (Lipinski definition) is 6. The average molecular weight is 559 g/mol. The second-order valence-corrected chi connectivity index (χ2v) is 10.6. The number of aromatic amines is 1. The fraction of sp³-hybridized carbons (Fsp3) is 0.586. The van der Waals surface area contributed by atoms with Gasteiger partial charge in [0.05, 0.1) is 6.04 Å². The van der Waals surface area contributed by atoms with Crippen LogP contribution in [0.5, 0.6) is 0 Å². The molecule has 6 unspecified atom stereocenters. The molecule has 0 spiro atoms. The van der Waals surface area contributed by atoms with Gasteiger partial charge in [-0.1, -0.05) is 58.7 Å². The molecule has 6 atom stereocenters. The first-order valence-electron chi connectivity index (χ1n) is 14.2. The number of carboxylic acids is 1. The second-order valence-electron chi connectivity index (χ2n) is 10.6. The molecule has 1 aromatic carbocycles. The summed E-state index contributed by atoms with van der Waals surface area (Å²) in [6.45, 7) is 7.82. The molecule has 0 aliphatic carbocycles. The largest absolute Gasteiger partial charge is 0.480 e. The molecule has 0 radical (unpaired) electrons. The van der Waals surface area contributed by atoms with Gasteiger partial charge in [-0.05, 0) is 49.3 Å². The van der Waals surface area contributed by atoms with Gasteiger partial charge in [-0.25, -0.2) is 4.79 Å². The second kappa shape index (κ2) is 16.0. The lowest BCUT2D eigenvalue weighted by Gasteiger charge is -2.27. The lowest BCUT2D eigenvalue weighted by molar-refractivity contribution is -0.143. The van der Waals surface area contributed by atoms with Crippen LogP contribution in [0.2, 0.25) is 0 Å². The number of fused-ring (bicyclic) bond motifs is 1. The molecule has 0 saturated heterocycles. The lowest BCUT2D eigenvalue weighted by Crippen LogP contribution is -2.58. The summed E-state index contributed by atoms with van der Waals surface area (Å²) in [7, 11) is 0. The van der Waals surface area contributed by atoms with Crippen molar-refractivity contribution in [3.05, 3.63) is 36.0 Å². The highest BCUT2D eigenvalue weighted by atomic mass is 16.4. The molecule has 2 aromatic rings. The van der Waals surface area contributed by atoms with Gasteiger partial charge in [0, 0.05) is 23.5 Å². The maximum Gasteiger partial charge on any atom is 0.326 e. The van der Waals surface area contributed by atoms with E-state index in [0.29, 0.717) is 38.6 Å². The van der Waals surface area contributed by atoms with Gasteiger partial charge in [-0.2, -0.15) is 0 Å². The van der Waals surface area contributed by atoms with E-state index >= 15 is 0 Å². The number of carbonyl (C=O) groups is 4. The van der Waals surface area contributed by atoms with Crippen LogP contribution in [-0.2, 0) is 25.6 Å². The summed E-state index contributed by atoms with van der Waals surface area (Å²) in [5.41, 5.74) is 13.4. The Balaban J connectivity index is 2.34.